The van der Waals surface area contributed by atoms with Crippen molar-refractivity contribution in [1.82, 2.24) is 20.1 Å². The van der Waals surface area contributed by atoms with Crippen LogP contribution in [0.15, 0.2) is 29.4 Å². The molecule has 1 heterocycles. The number of amides is 2. The van der Waals surface area contributed by atoms with E-state index in [0.717, 1.165) is 12.2 Å². The fourth-order valence-electron chi connectivity index (χ4n) is 3.20. The van der Waals surface area contributed by atoms with Crippen LogP contribution in [0, 0.1) is 5.92 Å². The Kier molecular flexibility index (Phi) is 6.49. The molecule has 2 amide bonds. The van der Waals surface area contributed by atoms with E-state index in [1.807, 2.05) is 0 Å². The molecule has 0 saturated heterocycles. The van der Waals surface area contributed by atoms with E-state index in [0.29, 0.717) is 22.3 Å². The van der Waals surface area contributed by atoms with Crippen molar-refractivity contribution in [2.75, 3.05) is 25.2 Å². The Morgan fingerprint density at radius 2 is 1.93 bits per heavy atom. The van der Waals surface area contributed by atoms with Crippen molar-refractivity contribution in [2.24, 2.45) is 5.92 Å². The van der Waals surface area contributed by atoms with Crippen LogP contribution in [0.3, 0.4) is 0 Å². The minimum Gasteiger partial charge on any atom is -0.345 e. The van der Waals surface area contributed by atoms with Crippen LogP contribution in [0.25, 0.3) is 0 Å². The second kappa shape index (κ2) is 9.03. The number of nitrogens with one attached hydrogen (secondary N) is 2. The van der Waals surface area contributed by atoms with Crippen LogP contribution in [-0.4, -0.2) is 51.7 Å². The summed E-state index contributed by atoms with van der Waals surface area (Å²) in [6.45, 7) is 0. The van der Waals surface area contributed by atoms with Crippen LogP contribution in [0.2, 0.25) is 0 Å². The summed E-state index contributed by atoms with van der Waals surface area (Å²) >= 11 is 1.31. The van der Waals surface area contributed by atoms with Gasteiger partial charge in [0.1, 0.15) is 5.82 Å². The predicted molar refractivity (Wildman–Crippen MR) is 106 cm³/mol. The lowest BCUT2D eigenvalue weighted by molar-refractivity contribution is -0.113. The lowest BCUT2D eigenvalue weighted by Gasteiger charge is -2.10. The Bertz CT molecular complexity index is 782. The molecular weight excluding hydrogens is 362 g/mol. The van der Waals surface area contributed by atoms with Gasteiger partial charge in [-0.2, -0.15) is 0 Å². The largest absolute Gasteiger partial charge is 0.345 e. The van der Waals surface area contributed by atoms with Crippen LogP contribution in [0.4, 0.5) is 5.69 Å². The predicted octanol–water partition coefficient (Wildman–Crippen LogP) is 2.97. The Hall–Kier alpha value is -2.35. The molecule has 1 fully saturated rings. The van der Waals surface area contributed by atoms with Crippen molar-refractivity contribution >= 4 is 29.3 Å². The summed E-state index contributed by atoms with van der Waals surface area (Å²) in [5.74, 6) is 1.65. The van der Waals surface area contributed by atoms with Crippen LogP contribution >= 0.6 is 11.8 Å². The van der Waals surface area contributed by atoms with Gasteiger partial charge in [0.15, 0.2) is 0 Å². The molecule has 8 heteroatoms. The number of benzene rings is 1. The summed E-state index contributed by atoms with van der Waals surface area (Å²) in [6.07, 6.45) is 6.10. The van der Waals surface area contributed by atoms with Gasteiger partial charge in [0.2, 0.25) is 11.1 Å². The molecule has 27 heavy (non-hydrogen) atoms. The van der Waals surface area contributed by atoms with Gasteiger partial charge < -0.3 is 10.2 Å². The fourth-order valence-corrected chi connectivity index (χ4v) is 3.82. The first kappa shape index (κ1) is 19.4. The molecule has 2 N–H and O–H groups in total. The summed E-state index contributed by atoms with van der Waals surface area (Å²) in [5, 5.41) is 10.6. The summed E-state index contributed by atoms with van der Waals surface area (Å²) < 4.78 is 0. The zero-order chi connectivity index (χ0) is 19.2. The van der Waals surface area contributed by atoms with Crippen molar-refractivity contribution in [1.29, 1.82) is 0 Å². The second-order valence-electron chi connectivity index (χ2n) is 7.03. The van der Waals surface area contributed by atoms with Gasteiger partial charge in [-0.1, -0.05) is 37.4 Å². The Balaban J connectivity index is 1.45. The minimum absolute atomic E-state index is 0.0681. The van der Waals surface area contributed by atoms with Crippen LogP contribution in [0.1, 0.15) is 41.9 Å². The number of rotatable bonds is 7. The molecule has 1 saturated carbocycles. The molecule has 1 aromatic heterocycles. The molecule has 144 valence electrons. The standard InChI is InChI=1S/C19H25N5O2S/c1-24(2)18(26)14-7-9-15(10-8-14)20-17(25)12-27-19-21-16(22-23-19)11-13-5-3-4-6-13/h7-10,13H,3-6,11-12H2,1-2H3,(H,20,25)(H,21,22,23). The van der Waals surface area contributed by atoms with Gasteiger partial charge in [-0.3, -0.25) is 14.7 Å². The van der Waals surface area contributed by atoms with Gasteiger partial charge in [-0.15, -0.1) is 5.10 Å². The third-order valence-electron chi connectivity index (χ3n) is 4.62. The quantitative estimate of drug-likeness (QED) is 0.713. The number of hydrogen-bond donors (Lipinski definition) is 2. The average molecular weight is 388 g/mol. The fraction of sp³-hybridized carbons (Fsp3) is 0.474. The van der Waals surface area contributed by atoms with Crippen molar-refractivity contribution in [3.8, 4) is 0 Å². The van der Waals surface area contributed by atoms with Gasteiger partial charge in [0.25, 0.3) is 5.91 Å². The van der Waals surface area contributed by atoms with E-state index in [-0.39, 0.29) is 17.6 Å². The topological polar surface area (TPSA) is 91.0 Å². The maximum atomic E-state index is 12.1. The van der Waals surface area contributed by atoms with Crippen LogP contribution in [0.5, 0.6) is 0 Å². The molecule has 3 rings (SSSR count). The molecule has 7 nitrogen and oxygen atoms in total. The second-order valence-corrected chi connectivity index (χ2v) is 7.98. The van der Waals surface area contributed by atoms with Gasteiger partial charge in [0.05, 0.1) is 5.75 Å². The summed E-state index contributed by atoms with van der Waals surface area (Å²) in [6, 6.07) is 6.86. The molecule has 0 aliphatic heterocycles. The maximum Gasteiger partial charge on any atom is 0.253 e. The van der Waals surface area contributed by atoms with Gasteiger partial charge in [-0.05, 0) is 30.2 Å². The van der Waals surface area contributed by atoms with Gasteiger partial charge >= 0.3 is 0 Å². The molecule has 2 aromatic rings. The summed E-state index contributed by atoms with van der Waals surface area (Å²) in [7, 11) is 3.41. The SMILES string of the molecule is CN(C)C(=O)c1ccc(NC(=O)CSc2n[nH]c(CC3CCCC3)n2)cc1. The number of anilines is 1. The van der Waals surface area contributed by atoms with Gasteiger partial charge in [-0.25, -0.2) is 4.98 Å². The highest BCUT2D eigenvalue weighted by atomic mass is 32.2. The maximum absolute atomic E-state index is 12.1. The summed E-state index contributed by atoms with van der Waals surface area (Å²) in [4.78, 5) is 30.0. The highest BCUT2D eigenvalue weighted by Gasteiger charge is 2.17. The van der Waals surface area contributed by atoms with Crippen molar-refractivity contribution in [3.63, 3.8) is 0 Å². The molecule has 0 spiro atoms. The normalized spacial score (nSPS) is 14.3. The number of aromatic nitrogens is 3. The van der Waals surface area contributed by atoms with Crippen molar-refractivity contribution < 1.29 is 9.59 Å². The van der Waals surface area contributed by atoms with E-state index in [4.69, 9.17) is 0 Å². The third kappa shape index (κ3) is 5.56. The van der Waals surface area contributed by atoms with E-state index >= 15 is 0 Å². The van der Waals surface area contributed by atoms with Crippen LogP contribution < -0.4 is 5.32 Å². The molecular formula is C19H25N5O2S. The highest BCUT2D eigenvalue weighted by Crippen LogP contribution is 2.27. The third-order valence-corrected chi connectivity index (χ3v) is 5.47. The number of H-pyrrole nitrogens is 1. The number of carbonyl (C=O) groups is 2. The first-order valence-corrected chi connectivity index (χ1v) is 10.2. The van der Waals surface area contributed by atoms with Crippen molar-refractivity contribution in [2.45, 2.75) is 37.3 Å². The lowest BCUT2D eigenvalue weighted by Crippen LogP contribution is -2.21. The molecule has 1 aromatic carbocycles. The number of aromatic amines is 1. The Morgan fingerprint density at radius 3 is 2.59 bits per heavy atom. The van der Waals surface area contributed by atoms with E-state index in [2.05, 4.69) is 20.5 Å². The van der Waals surface area contributed by atoms with E-state index in [9.17, 15) is 9.59 Å². The zero-order valence-electron chi connectivity index (χ0n) is 15.7. The first-order valence-electron chi connectivity index (χ1n) is 9.17. The Labute approximate surface area is 163 Å². The number of carbonyl (C=O) groups excluding carboxylic acids is 2. The lowest BCUT2D eigenvalue weighted by atomic mass is 10.0. The molecule has 0 bridgehead atoms. The molecule has 1 aliphatic rings. The van der Waals surface area contributed by atoms with Crippen LogP contribution in [-0.2, 0) is 11.2 Å². The van der Waals surface area contributed by atoms with Gasteiger partial charge in [0, 0.05) is 31.8 Å². The molecule has 0 radical (unpaired) electrons. The van der Waals surface area contributed by atoms with Crippen molar-refractivity contribution in [3.05, 3.63) is 35.7 Å². The number of nitrogens with zero attached hydrogens (tertiary/aromatic N) is 3. The first-order chi connectivity index (χ1) is 13.0. The minimum atomic E-state index is -0.131. The summed E-state index contributed by atoms with van der Waals surface area (Å²) in [5.41, 5.74) is 1.25. The average Bonchev–Trinajstić information content (AvgIpc) is 3.32. The zero-order valence-corrected chi connectivity index (χ0v) is 16.5. The molecule has 1 aliphatic carbocycles. The smallest absolute Gasteiger partial charge is 0.253 e. The molecule has 0 unspecified atom stereocenters. The number of hydrogen-bond acceptors (Lipinski definition) is 5. The monoisotopic (exact) mass is 387 g/mol. The van der Waals surface area contributed by atoms with E-state index < -0.39 is 0 Å². The molecule has 0 atom stereocenters. The number of thioether (sulfide) groups is 1. The Morgan fingerprint density at radius 1 is 1.22 bits per heavy atom. The van der Waals surface area contributed by atoms with E-state index in [1.165, 1.54) is 42.3 Å². The highest BCUT2D eigenvalue weighted by molar-refractivity contribution is 7.99. The van der Waals surface area contributed by atoms with E-state index in [1.54, 1.807) is 38.4 Å².